The monoisotopic (exact) mass is 219 g/mol. The summed E-state index contributed by atoms with van der Waals surface area (Å²) < 4.78 is 0. The largest absolute Gasteiger partial charge is 0.397 e. The third kappa shape index (κ3) is 2.15. The van der Waals surface area contributed by atoms with E-state index in [0.717, 1.165) is 0 Å². The molecule has 0 aromatic carbocycles. The highest BCUT2D eigenvalue weighted by atomic mass is 16.1. The number of hydrogen-bond donors (Lipinski definition) is 2. The molecule has 0 unspecified atom stereocenters. The van der Waals surface area contributed by atoms with Crippen LogP contribution < -0.4 is 11.1 Å². The zero-order chi connectivity index (χ0) is 11.6. The van der Waals surface area contributed by atoms with E-state index in [0.29, 0.717) is 17.9 Å². The lowest BCUT2D eigenvalue weighted by Gasteiger charge is -2.38. The normalized spacial score (nSPS) is 17.6. The van der Waals surface area contributed by atoms with Crippen LogP contribution in [0.25, 0.3) is 0 Å². The molecule has 4 heteroatoms. The smallest absolute Gasteiger partial charge is 0.272 e. The number of nitrogens with two attached hydrogens (primary N) is 1. The van der Waals surface area contributed by atoms with E-state index in [-0.39, 0.29) is 11.3 Å². The van der Waals surface area contributed by atoms with Crippen molar-refractivity contribution in [3.8, 4) is 0 Å². The van der Waals surface area contributed by atoms with Gasteiger partial charge in [-0.1, -0.05) is 13.3 Å². The maximum atomic E-state index is 11.8. The summed E-state index contributed by atoms with van der Waals surface area (Å²) in [5.74, 6) is -0.175. The number of aromatic nitrogens is 1. The van der Waals surface area contributed by atoms with E-state index in [1.165, 1.54) is 19.3 Å². The zero-order valence-electron chi connectivity index (χ0n) is 9.49. The SMILES string of the molecule is CC1(CNC(=O)c2ncccc2N)CCC1. The van der Waals surface area contributed by atoms with Crippen LogP contribution in [0.5, 0.6) is 0 Å². The van der Waals surface area contributed by atoms with Crippen LogP contribution in [0, 0.1) is 5.41 Å². The number of amides is 1. The molecule has 1 aliphatic rings. The standard InChI is InChI=1S/C12H17N3O/c1-12(5-3-6-12)8-15-11(16)10-9(13)4-2-7-14-10/h2,4,7H,3,5-6,8,13H2,1H3,(H,15,16). The lowest BCUT2D eigenvalue weighted by Crippen LogP contribution is -2.40. The Kier molecular flexibility index (Phi) is 2.81. The number of nitrogen functional groups attached to an aromatic ring is 1. The molecule has 86 valence electrons. The van der Waals surface area contributed by atoms with Crippen molar-refractivity contribution in [3.63, 3.8) is 0 Å². The van der Waals surface area contributed by atoms with E-state index < -0.39 is 0 Å². The summed E-state index contributed by atoms with van der Waals surface area (Å²) in [5.41, 5.74) is 6.71. The van der Waals surface area contributed by atoms with Crippen LogP contribution in [0.4, 0.5) is 5.69 Å². The number of carbonyl (C=O) groups is 1. The molecule has 1 amide bonds. The molecule has 0 aliphatic heterocycles. The van der Waals surface area contributed by atoms with Gasteiger partial charge in [0, 0.05) is 12.7 Å². The first kappa shape index (κ1) is 10.9. The zero-order valence-corrected chi connectivity index (χ0v) is 9.49. The van der Waals surface area contributed by atoms with Gasteiger partial charge in [0.2, 0.25) is 0 Å². The van der Waals surface area contributed by atoms with Crippen LogP contribution in [0.15, 0.2) is 18.3 Å². The number of rotatable bonds is 3. The summed E-state index contributed by atoms with van der Waals surface area (Å²) in [7, 11) is 0. The Morgan fingerprint density at radius 2 is 2.38 bits per heavy atom. The van der Waals surface area contributed by atoms with Gasteiger partial charge in [-0.3, -0.25) is 4.79 Å². The number of nitrogens with one attached hydrogen (secondary N) is 1. The first-order valence-corrected chi connectivity index (χ1v) is 5.59. The van der Waals surface area contributed by atoms with Crippen LogP contribution >= 0.6 is 0 Å². The van der Waals surface area contributed by atoms with Gasteiger partial charge in [0.05, 0.1) is 5.69 Å². The van der Waals surface area contributed by atoms with Crippen LogP contribution in [0.1, 0.15) is 36.7 Å². The Balaban J connectivity index is 1.96. The maximum absolute atomic E-state index is 11.8. The van der Waals surface area contributed by atoms with Gasteiger partial charge in [-0.15, -0.1) is 0 Å². The highest BCUT2D eigenvalue weighted by Crippen LogP contribution is 2.39. The maximum Gasteiger partial charge on any atom is 0.272 e. The van der Waals surface area contributed by atoms with E-state index in [1.54, 1.807) is 18.3 Å². The van der Waals surface area contributed by atoms with Crippen molar-refractivity contribution >= 4 is 11.6 Å². The molecule has 0 saturated heterocycles. The van der Waals surface area contributed by atoms with Gasteiger partial charge in [0.15, 0.2) is 5.69 Å². The summed E-state index contributed by atoms with van der Waals surface area (Å²) in [6, 6.07) is 3.41. The Hall–Kier alpha value is -1.58. The van der Waals surface area contributed by atoms with Gasteiger partial charge >= 0.3 is 0 Å². The molecule has 0 radical (unpaired) electrons. The average Bonchev–Trinajstić information content (AvgIpc) is 2.24. The number of pyridine rings is 1. The van der Waals surface area contributed by atoms with E-state index in [1.807, 2.05) is 0 Å². The average molecular weight is 219 g/mol. The van der Waals surface area contributed by atoms with Gasteiger partial charge in [-0.05, 0) is 30.4 Å². The quantitative estimate of drug-likeness (QED) is 0.811. The van der Waals surface area contributed by atoms with Gasteiger partial charge in [0.1, 0.15) is 0 Å². The highest BCUT2D eigenvalue weighted by Gasteiger charge is 2.32. The molecule has 1 aromatic rings. The molecule has 0 atom stereocenters. The number of nitrogens with zero attached hydrogens (tertiary/aromatic N) is 1. The van der Waals surface area contributed by atoms with E-state index in [2.05, 4.69) is 17.2 Å². The molecule has 2 rings (SSSR count). The molecule has 4 nitrogen and oxygen atoms in total. The highest BCUT2D eigenvalue weighted by molar-refractivity contribution is 5.96. The fraction of sp³-hybridized carbons (Fsp3) is 0.500. The van der Waals surface area contributed by atoms with Crippen molar-refractivity contribution in [3.05, 3.63) is 24.0 Å². The van der Waals surface area contributed by atoms with Gasteiger partial charge in [0.25, 0.3) is 5.91 Å². The van der Waals surface area contributed by atoms with Crippen molar-refractivity contribution in [1.82, 2.24) is 10.3 Å². The summed E-state index contributed by atoms with van der Waals surface area (Å²) >= 11 is 0. The lowest BCUT2D eigenvalue weighted by atomic mass is 9.70. The summed E-state index contributed by atoms with van der Waals surface area (Å²) in [4.78, 5) is 15.8. The van der Waals surface area contributed by atoms with Crippen LogP contribution in [0.3, 0.4) is 0 Å². The Morgan fingerprint density at radius 1 is 1.62 bits per heavy atom. The molecule has 1 aromatic heterocycles. The van der Waals surface area contributed by atoms with E-state index in [9.17, 15) is 4.79 Å². The second-order valence-electron chi connectivity index (χ2n) is 4.79. The minimum absolute atomic E-state index is 0.175. The third-order valence-corrected chi connectivity index (χ3v) is 3.29. The fourth-order valence-electron chi connectivity index (χ4n) is 1.94. The Bertz CT molecular complexity index is 399. The van der Waals surface area contributed by atoms with Crippen LogP contribution in [0.2, 0.25) is 0 Å². The minimum Gasteiger partial charge on any atom is -0.397 e. The minimum atomic E-state index is -0.175. The molecule has 0 bridgehead atoms. The molecule has 0 spiro atoms. The molecule has 1 saturated carbocycles. The Morgan fingerprint density at radius 3 is 2.94 bits per heavy atom. The summed E-state index contributed by atoms with van der Waals surface area (Å²) in [5, 5.41) is 2.90. The molecular formula is C12H17N3O. The van der Waals surface area contributed by atoms with Gasteiger partial charge < -0.3 is 11.1 Å². The molecule has 1 fully saturated rings. The number of carbonyl (C=O) groups excluding carboxylic acids is 1. The Labute approximate surface area is 95.3 Å². The van der Waals surface area contributed by atoms with Gasteiger partial charge in [-0.2, -0.15) is 0 Å². The van der Waals surface area contributed by atoms with E-state index >= 15 is 0 Å². The van der Waals surface area contributed by atoms with Crippen molar-refractivity contribution in [2.45, 2.75) is 26.2 Å². The van der Waals surface area contributed by atoms with Gasteiger partial charge in [-0.25, -0.2) is 4.98 Å². The predicted molar refractivity (Wildman–Crippen MR) is 62.9 cm³/mol. The second kappa shape index (κ2) is 4.12. The van der Waals surface area contributed by atoms with Crippen molar-refractivity contribution in [1.29, 1.82) is 0 Å². The second-order valence-corrected chi connectivity index (χ2v) is 4.79. The van der Waals surface area contributed by atoms with Crippen LogP contribution in [-0.2, 0) is 0 Å². The first-order valence-electron chi connectivity index (χ1n) is 5.59. The number of anilines is 1. The lowest BCUT2D eigenvalue weighted by molar-refractivity contribution is 0.0887. The molecule has 1 heterocycles. The molecule has 3 N–H and O–H groups in total. The summed E-state index contributed by atoms with van der Waals surface area (Å²) in [6.07, 6.45) is 5.21. The summed E-state index contributed by atoms with van der Waals surface area (Å²) in [6.45, 7) is 2.90. The molecule has 1 aliphatic carbocycles. The van der Waals surface area contributed by atoms with E-state index in [4.69, 9.17) is 5.73 Å². The molecular weight excluding hydrogens is 202 g/mol. The number of hydrogen-bond acceptors (Lipinski definition) is 3. The van der Waals surface area contributed by atoms with Crippen molar-refractivity contribution in [2.24, 2.45) is 5.41 Å². The third-order valence-electron chi connectivity index (χ3n) is 3.29. The van der Waals surface area contributed by atoms with Crippen molar-refractivity contribution < 1.29 is 4.79 Å². The van der Waals surface area contributed by atoms with Crippen molar-refractivity contribution in [2.75, 3.05) is 12.3 Å². The molecule has 16 heavy (non-hydrogen) atoms. The fourth-order valence-corrected chi connectivity index (χ4v) is 1.94. The van der Waals surface area contributed by atoms with Crippen LogP contribution in [-0.4, -0.2) is 17.4 Å². The first-order chi connectivity index (χ1) is 7.61. The topological polar surface area (TPSA) is 68.0 Å². The predicted octanol–water partition coefficient (Wildman–Crippen LogP) is 1.58.